The van der Waals surface area contributed by atoms with Crippen LogP contribution >= 0.6 is 0 Å². The van der Waals surface area contributed by atoms with Crippen molar-refractivity contribution in [3.05, 3.63) is 46.5 Å². The number of pyridine rings is 1. The molecule has 4 rings (SSSR count). The van der Waals surface area contributed by atoms with Gasteiger partial charge in [0.2, 0.25) is 10.0 Å². The number of aromatic nitrogens is 2. The van der Waals surface area contributed by atoms with Gasteiger partial charge >= 0.3 is 0 Å². The van der Waals surface area contributed by atoms with E-state index in [4.69, 9.17) is 4.74 Å². The summed E-state index contributed by atoms with van der Waals surface area (Å²) < 4.78 is 32.9. The number of rotatable bonds is 3. The number of ether oxygens (including phenoxy) is 1. The second-order valence-corrected chi connectivity index (χ2v) is 9.06. The third kappa shape index (κ3) is 3.52. The quantitative estimate of drug-likeness (QED) is 0.735. The summed E-state index contributed by atoms with van der Waals surface area (Å²) in [4.78, 5) is 19.1. The molecule has 0 amide bonds. The Kier molecular flexibility index (Phi) is 4.55. The molecule has 2 atom stereocenters. The molecule has 2 fully saturated rings. The van der Waals surface area contributed by atoms with Crippen LogP contribution in [0.25, 0.3) is 5.65 Å². The van der Waals surface area contributed by atoms with Crippen LogP contribution in [0.3, 0.4) is 0 Å². The van der Waals surface area contributed by atoms with Gasteiger partial charge in [0.15, 0.2) is 0 Å². The fourth-order valence-electron chi connectivity index (χ4n) is 3.74. The smallest absolute Gasteiger partial charge is 0.258 e. The Morgan fingerprint density at radius 2 is 2.08 bits per heavy atom. The lowest BCUT2D eigenvalue weighted by molar-refractivity contribution is 0.0674. The average molecular weight is 378 g/mol. The van der Waals surface area contributed by atoms with Gasteiger partial charge in [-0.05, 0) is 12.1 Å². The average Bonchev–Trinajstić information content (AvgIpc) is 2.84. The molecule has 9 heteroatoms. The van der Waals surface area contributed by atoms with Crippen molar-refractivity contribution in [1.82, 2.24) is 18.6 Å². The van der Waals surface area contributed by atoms with Crippen molar-refractivity contribution in [1.29, 1.82) is 0 Å². The minimum atomic E-state index is -3.24. The molecule has 2 bridgehead atoms. The number of nitrogens with zero attached hydrogens (tertiary/aromatic N) is 4. The topological polar surface area (TPSA) is 84.2 Å². The fraction of sp³-hybridized carbons (Fsp3) is 0.529. The normalized spacial score (nSPS) is 25.3. The van der Waals surface area contributed by atoms with E-state index in [0.717, 1.165) is 6.54 Å². The van der Waals surface area contributed by atoms with E-state index in [0.29, 0.717) is 44.2 Å². The van der Waals surface area contributed by atoms with Gasteiger partial charge in [-0.25, -0.2) is 17.7 Å². The van der Waals surface area contributed by atoms with Gasteiger partial charge in [-0.3, -0.25) is 14.1 Å². The van der Waals surface area contributed by atoms with Crippen molar-refractivity contribution in [2.24, 2.45) is 5.92 Å². The summed E-state index contributed by atoms with van der Waals surface area (Å²) in [7, 11) is -3.24. The minimum absolute atomic E-state index is 0.0479. The molecular formula is C17H22N4O4S. The van der Waals surface area contributed by atoms with E-state index in [1.165, 1.54) is 10.7 Å². The number of sulfonamides is 1. The van der Waals surface area contributed by atoms with Crippen LogP contribution < -0.4 is 5.56 Å². The molecule has 8 nitrogen and oxygen atoms in total. The van der Waals surface area contributed by atoms with E-state index in [2.05, 4.69) is 9.88 Å². The highest BCUT2D eigenvalue weighted by Crippen LogP contribution is 2.22. The van der Waals surface area contributed by atoms with Gasteiger partial charge in [-0.15, -0.1) is 0 Å². The van der Waals surface area contributed by atoms with E-state index < -0.39 is 10.0 Å². The van der Waals surface area contributed by atoms with Crippen LogP contribution in [0.1, 0.15) is 5.69 Å². The van der Waals surface area contributed by atoms with Crippen molar-refractivity contribution in [3.8, 4) is 0 Å². The van der Waals surface area contributed by atoms with Crippen LogP contribution in [-0.2, 0) is 21.3 Å². The summed E-state index contributed by atoms with van der Waals surface area (Å²) in [5.41, 5.74) is 1.19. The van der Waals surface area contributed by atoms with Crippen LogP contribution in [0.15, 0.2) is 35.3 Å². The molecule has 0 N–H and O–H groups in total. The van der Waals surface area contributed by atoms with Gasteiger partial charge in [0.1, 0.15) is 5.65 Å². The van der Waals surface area contributed by atoms with Crippen molar-refractivity contribution in [3.63, 3.8) is 0 Å². The molecule has 0 unspecified atom stereocenters. The first kappa shape index (κ1) is 17.6. The van der Waals surface area contributed by atoms with Gasteiger partial charge in [-0.1, -0.05) is 6.07 Å². The molecule has 2 aliphatic heterocycles. The van der Waals surface area contributed by atoms with Crippen molar-refractivity contribution >= 4 is 15.7 Å². The summed E-state index contributed by atoms with van der Waals surface area (Å²) in [6.07, 6.45) is 2.95. The van der Waals surface area contributed by atoms with E-state index in [9.17, 15) is 13.2 Å². The Hall–Kier alpha value is -1.81. The third-order valence-corrected chi connectivity index (χ3v) is 6.24. The molecule has 0 aliphatic carbocycles. The first-order chi connectivity index (χ1) is 12.4. The monoisotopic (exact) mass is 378 g/mol. The maximum atomic E-state index is 12.3. The number of hydrogen-bond acceptors (Lipinski definition) is 6. The maximum Gasteiger partial charge on any atom is 0.258 e. The Bertz CT molecular complexity index is 974. The minimum Gasteiger partial charge on any atom is -0.379 e. The second-order valence-electron chi connectivity index (χ2n) is 7.08. The van der Waals surface area contributed by atoms with Crippen molar-refractivity contribution < 1.29 is 13.2 Å². The molecule has 0 aromatic carbocycles. The van der Waals surface area contributed by atoms with E-state index in [-0.39, 0.29) is 17.5 Å². The van der Waals surface area contributed by atoms with Gasteiger partial charge < -0.3 is 4.74 Å². The van der Waals surface area contributed by atoms with Crippen LogP contribution in [-0.4, -0.2) is 72.2 Å². The van der Waals surface area contributed by atoms with Gasteiger partial charge in [-0.2, -0.15) is 0 Å². The Labute approximate surface area is 152 Å². The Morgan fingerprint density at radius 1 is 1.23 bits per heavy atom. The first-order valence-electron chi connectivity index (χ1n) is 8.64. The first-order valence-corrected chi connectivity index (χ1v) is 10.5. The summed E-state index contributed by atoms with van der Waals surface area (Å²) in [5, 5.41) is 0. The summed E-state index contributed by atoms with van der Waals surface area (Å²) in [6.45, 7) is 3.14. The molecule has 0 radical (unpaired) electrons. The molecule has 2 aromatic rings. The summed E-state index contributed by atoms with van der Waals surface area (Å²) >= 11 is 0. The van der Waals surface area contributed by atoms with Crippen LogP contribution in [0, 0.1) is 5.92 Å². The van der Waals surface area contributed by atoms with E-state index in [1.807, 2.05) is 6.07 Å². The molecule has 0 saturated carbocycles. The Balaban J connectivity index is 1.63. The van der Waals surface area contributed by atoms with Crippen LogP contribution in [0.4, 0.5) is 0 Å². The zero-order chi connectivity index (χ0) is 18.3. The van der Waals surface area contributed by atoms with Gasteiger partial charge in [0.25, 0.3) is 5.56 Å². The predicted octanol–water partition coefficient (Wildman–Crippen LogP) is -0.213. The van der Waals surface area contributed by atoms with Crippen molar-refractivity contribution in [2.75, 3.05) is 39.1 Å². The van der Waals surface area contributed by atoms with E-state index >= 15 is 0 Å². The summed E-state index contributed by atoms with van der Waals surface area (Å²) in [5.74, 6) is 0.110. The molecule has 2 saturated heterocycles. The molecule has 4 heterocycles. The second kappa shape index (κ2) is 6.73. The molecule has 2 aromatic heterocycles. The molecular weight excluding hydrogens is 356 g/mol. The molecule has 2 aliphatic rings. The Morgan fingerprint density at radius 3 is 2.88 bits per heavy atom. The lowest BCUT2D eigenvalue weighted by atomic mass is 10.1. The number of hydrogen-bond donors (Lipinski definition) is 0. The van der Waals surface area contributed by atoms with Gasteiger partial charge in [0.05, 0.1) is 25.2 Å². The maximum absolute atomic E-state index is 12.3. The number of fused-ring (bicyclic) bond motifs is 4. The van der Waals surface area contributed by atoms with E-state index in [1.54, 1.807) is 28.7 Å². The van der Waals surface area contributed by atoms with Gasteiger partial charge in [0, 0.05) is 50.4 Å². The lowest BCUT2D eigenvalue weighted by Gasteiger charge is -2.29. The van der Waals surface area contributed by atoms with Crippen molar-refractivity contribution in [2.45, 2.75) is 12.6 Å². The lowest BCUT2D eigenvalue weighted by Crippen LogP contribution is -2.45. The highest BCUT2D eigenvalue weighted by atomic mass is 32.2. The molecule has 0 spiro atoms. The van der Waals surface area contributed by atoms with Crippen LogP contribution in [0.2, 0.25) is 0 Å². The third-order valence-electron chi connectivity index (χ3n) is 5.01. The summed E-state index contributed by atoms with van der Waals surface area (Å²) in [6, 6.07) is 6.96. The molecule has 140 valence electrons. The zero-order valence-electron chi connectivity index (χ0n) is 14.6. The van der Waals surface area contributed by atoms with Crippen LogP contribution in [0.5, 0.6) is 0 Å². The predicted molar refractivity (Wildman–Crippen MR) is 96.4 cm³/mol. The highest BCUT2D eigenvalue weighted by Gasteiger charge is 2.36. The molecule has 26 heavy (non-hydrogen) atoms. The fourth-order valence-corrected chi connectivity index (χ4v) is 4.67. The zero-order valence-corrected chi connectivity index (χ0v) is 15.4. The largest absolute Gasteiger partial charge is 0.379 e. The SMILES string of the molecule is CS(=O)(=O)N1C[C@@H]2COC[C@H](C1)N(Cc1cc(=O)n3ccccc3n1)C2. The highest BCUT2D eigenvalue weighted by molar-refractivity contribution is 7.88. The standard InChI is InChI=1S/C17H22N4O4S/c1-26(23,24)20-8-13-7-19(15(10-20)12-25-11-13)9-14-6-17(22)21-5-3-2-4-16(21)18-14/h2-6,13,15H,7-12H2,1H3/t13-,15+/m1/s1.